The molecule has 0 aliphatic rings. The quantitative estimate of drug-likeness (QED) is 0.834. The molecule has 0 aromatic heterocycles. The molecule has 0 aliphatic carbocycles. The second kappa shape index (κ2) is 5.21. The Morgan fingerprint density at radius 2 is 1.84 bits per heavy atom. The summed E-state index contributed by atoms with van der Waals surface area (Å²) in [7, 11) is 0. The Bertz CT molecular complexity index is 518. The average Bonchev–Trinajstić information content (AvgIpc) is 2.27. The molecule has 1 rings (SSSR count). The zero-order valence-electron chi connectivity index (χ0n) is 8.96. The molecule has 0 saturated carbocycles. The van der Waals surface area contributed by atoms with E-state index < -0.39 is 41.3 Å². The van der Waals surface area contributed by atoms with Crippen molar-refractivity contribution < 1.29 is 36.6 Å². The molecular formula is C10H6F5NO3. The number of halogens is 5. The van der Waals surface area contributed by atoms with Gasteiger partial charge in [-0.1, -0.05) is 6.07 Å². The van der Waals surface area contributed by atoms with Crippen LogP contribution in [0.15, 0.2) is 18.2 Å². The fourth-order valence-corrected chi connectivity index (χ4v) is 1.15. The van der Waals surface area contributed by atoms with E-state index in [1.165, 1.54) is 5.32 Å². The Hall–Kier alpha value is -2.19. The third kappa shape index (κ3) is 2.98. The van der Waals surface area contributed by atoms with Crippen LogP contribution in [0, 0.1) is 5.82 Å². The van der Waals surface area contributed by atoms with Crippen molar-refractivity contribution in [2.75, 3.05) is 5.32 Å². The summed E-state index contributed by atoms with van der Waals surface area (Å²) in [5, 5.41) is 9.91. The van der Waals surface area contributed by atoms with E-state index in [1.54, 1.807) is 0 Å². The topological polar surface area (TPSA) is 66.4 Å². The first kappa shape index (κ1) is 14.9. The predicted octanol–water partition coefficient (Wildman–Crippen LogP) is 2.36. The van der Waals surface area contributed by atoms with E-state index in [9.17, 15) is 31.5 Å². The SMILES string of the molecule is O=C(O)c1c(F)cccc1NC(=O)C(F)(F)C(F)F. The molecule has 9 heteroatoms. The highest BCUT2D eigenvalue weighted by atomic mass is 19.3. The summed E-state index contributed by atoms with van der Waals surface area (Å²) in [6.45, 7) is 0. The highest BCUT2D eigenvalue weighted by Gasteiger charge is 2.49. The Kier molecular flexibility index (Phi) is 4.07. The molecule has 1 aromatic carbocycles. The summed E-state index contributed by atoms with van der Waals surface area (Å²) in [6.07, 6.45) is -4.27. The minimum Gasteiger partial charge on any atom is -0.478 e. The van der Waals surface area contributed by atoms with Gasteiger partial charge in [-0.3, -0.25) is 4.79 Å². The van der Waals surface area contributed by atoms with E-state index in [1.807, 2.05) is 0 Å². The zero-order valence-corrected chi connectivity index (χ0v) is 8.96. The van der Waals surface area contributed by atoms with Crippen LogP contribution in [0.1, 0.15) is 10.4 Å². The van der Waals surface area contributed by atoms with Crippen LogP contribution in [0.2, 0.25) is 0 Å². The molecule has 0 saturated heterocycles. The van der Waals surface area contributed by atoms with Crippen molar-refractivity contribution in [2.45, 2.75) is 12.3 Å². The molecule has 1 aromatic rings. The van der Waals surface area contributed by atoms with Crippen molar-refractivity contribution >= 4 is 17.6 Å². The second-order valence-corrected chi connectivity index (χ2v) is 3.35. The minimum atomic E-state index is -5.01. The molecule has 1 amide bonds. The van der Waals surface area contributed by atoms with E-state index in [2.05, 4.69) is 0 Å². The third-order valence-corrected chi connectivity index (χ3v) is 2.05. The van der Waals surface area contributed by atoms with Crippen LogP contribution < -0.4 is 5.32 Å². The number of hydrogen-bond acceptors (Lipinski definition) is 2. The molecule has 2 N–H and O–H groups in total. The third-order valence-electron chi connectivity index (χ3n) is 2.05. The number of nitrogens with one attached hydrogen (secondary N) is 1. The number of anilines is 1. The highest BCUT2D eigenvalue weighted by Crippen LogP contribution is 2.26. The lowest BCUT2D eigenvalue weighted by Gasteiger charge is -2.15. The Labute approximate surface area is 102 Å². The molecule has 4 nitrogen and oxygen atoms in total. The van der Waals surface area contributed by atoms with Crippen molar-refractivity contribution in [1.29, 1.82) is 0 Å². The molecule has 0 unspecified atom stereocenters. The van der Waals surface area contributed by atoms with Crippen LogP contribution in [-0.4, -0.2) is 29.3 Å². The monoisotopic (exact) mass is 283 g/mol. The van der Waals surface area contributed by atoms with Crippen LogP contribution in [0.5, 0.6) is 0 Å². The van der Waals surface area contributed by atoms with Crippen LogP contribution in [0.3, 0.4) is 0 Å². The van der Waals surface area contributed by atoms with Gasteiger partial charge < -0.3 is 10.4 Å². The van der Waals surface area contributed by atoms with Gasteiger partial charge in [0.05, 0.1) is 5.69 Å². The summed E-state index contributed by atoms with van der Waals surface area (Å²) in [6, 6.07) is 2.44. The van der Waals surface area contributed by atoms with Crippen LogP contribution in [0.4, 0.5) is 27.6 Å². The summed E-state index contributed by atoms with van der Waals surface area (Å²) >= 11 is 0. The second-order valence-electron chi connectivity index (χ2n) is 3.35. The molecule has 19 heavy (non-hydrogen) atoms. The van der Waals surface area contributed by atoms with Gasteiger partial charge in [-0.05, 0) is 12.1 Å². The molecular weight excluding hydrogens is 277 g/mol. The first-order chi connectivity index (χ1) is 8.67. The minimum absolute atomic E-state index is 0.713. The zero-order chi connectivity index (χ0) is 14.8. The molecule has 104 valence electrons. The van der Waals surface area contributed by atoms with Gasteiger partial charge >= 0.3 is 24.2 Å². The molecule has 0 aliphatic heterocycles. The van der Waals surface area contributed by atoms with Gasteiger partial charge in [0.2, 0.25) is 0 Å². The number of carboxylic acid groups (broad SMARTS) is 1. The molecule has 0 heterocycles. The average molecular weight is 283 g/mol. The van der Waals surface area contributed by atoms with Crippen molar-refractivity contribution in [2.24, 2.45) is 0 Å². The summed E-state index contributed by atoms with van der Waals surface area (Å²) in [5.74, 6) is -10.6. The summed E-state index contributed by atoms with van der Waals surface area (Å²) in [4.78, 5) is 21.6. The maximum Gasteiger partial charge on any atom is 0.383 e. The van der Waals surface area contributed by atoms with Gasteiger partial charge in [0.25, 0.3) is 0 Å². The van der Waals surface area contributed by atoms with Crippen molar-refractivity contribution in [3.05, 3.63) is 29.6 Å². The molecule has 0 radical (unpaired) electrons. The fraction of sp³-hybridized carbons (Fsp3) is 0.200. The lowest BCUT2D eigenvalue weighted by atomic mass is 10.1. The van der Waals surface area contributed by atoms with Crippen LogP contribution in [0.25, 0.3) is 0 Å². The van der Waals surface area contributed by atoms with E-state index in [4.69, 9.17) is 5.11 Å². The molecule has 0 fully saturated rings. The number of carboxylic acids is 1. The number of carbonyl (C=O) groups excluding carboxylic acids is 1. The van der Waals surface area contributed by atoms with Crippen LogP contribution >= 0.6 is 0 Å². The summed E-state index contributed by atoms with van der Waals surface area (Å²) in [5.41, 5.74) is -1.93. The van der Waals surface area contributed by atoms with E-state index in [0.29, 0.717) is 6.07 Å². The van der Waals surface area contributed by atoms with Crippen molar-refractivity contribution in [1.82, 2.24) is 0 Å². The van der Waals surface area contributed by atoms with Gasteiger partial charge in [-0.25, -0.2) is 18.0 Å². The first-order valence-electron chi connectivity index (χ1n) is 4.67. The number of hydrogen-bond donors (Lipinski definition) is 2. The Balaban J connectivity index is 3.11. The number of rotatable bonds is 4. The maximum atomic E-state index is 13.1. The highest BCUT2D eigenvalue weighted by molar-refractivity contribution is 6.03. The molecule has 0 spiro atoms. The van der Waals surface area contributed by atoms with Crippen molar-refractivity contribution in [3.63, 3.8) is 0 Å². The Morgan fingerprint density at radius 1 is 1.26 bits per heavy atom. The standard InChI is InChI=1S/C10H6F5NO3/c11-4-2-1-3-5(6(4)7(17)18)16-9(19)10(14,15)8(12)13/h1-3,8H,(H,16,19)(H,17,18). The predicted molar refractivity (Wildman–Crippen MR) is 52.9 cm³/mol. The molecule has 0 bridgehead atoms. The normalized spacial score (nSPS) is 11.5. The van der Waals surface area contributed by atoms with Crippen LogP contribution in [-0.2, 0) is 4.79 Å². The van der Waals surface area contributed by atoms with Gasteiger partial charge in [-0.15, -0.1) is 0 Å². The van der Waals surface area contributed by atoms with Gasteiger partial charge in [0, 0.05) is 0 Å². The smallest absolute Gasteiger partial charge is 0.383 e. The van der Waals surface area contributed by atoms with Gasteiger partial charge in [0.15, 0.2) is 0 Å². The lowest BCUT2D eigenvalue weighted by molar-refractivity contribution is -0.163. The summed E-state index contributed by atoms with van der Waals surface area (Å²) < 4.78 is 62.3. The van der Waals surface area contributed by atoms with Crippen molar-refractivity contribution in [3.8, 4) is 0 Å². The number of aromatic carboxylic acids is 1. The lowest BCUT2D eigenvalue weighted by Crippen LogP contribution is -2.41. The maximum absolute atomic E-state index is 13.1. The van der Waals surface area contributed by atoms with Gasteiger partial charge in [-0.2, -0.15) is 8.78 Å². The number of carbonyl (C=O) groups is 2. The largest absolute Gasteiger partial charge is 0.478 e. The van der Waals surface area contributed by atoms with Gasteiger partial charge in [0.1, 0.15) is 11.4 Å². The van der Waals surface area contributed by atoms with E-state index in [-0.39, 0.29) is 0 Å². The molecule has 0 atom stereocenters. The van der Waals surface area contributed by atoms with E-state index in [0.717, 1.165) is 12.1 Å². The fourth-order valence-electron chi connectivity index (χ4n) is 1.15. The number of alkyl halides is 4. The number of benzene rings is 1. The van der Waals surface area contributed by atoms with E-state index >= 15 is 0 Å². The first-order valence-corrected chi connectivity index (χ1v) is 4.67. The Morgan fingerprint density at radius 3 is 2.32 bits per heavy atom. The number of amides is 1.